The second-order valence-electron chi connectivity index (χ2n) is 5.95. The largest absolute Gasteiger partial charge is 0.488 e. The van der Waals surface area contributed by atoms with Crippen LogP contribution in [-0.4, -0.2) is 22.2 Å². The van der Waals surface area contributed by atoms with Crippen molar-refractivity contribution in [2.24, 2.45) is 5.73 Å². The number of primary amides is 1. The Balaban J connectivity index is 1.71. The SMILES string of the molecule is C[C@@H](Oc1ccc2c(c1)OCc1ccc(-c3ccn[nH]3)cc1-2)C(N)=O. The fourth-order valence-corrected chi connectivity index (χ4v) is 2.87. The van der Waals surface area contributed by atoms with Gasteiger partial charge in [0.1, 0.15) is 18.1 Å². The molecule has 0 aliphatic carbocycles. The second-order valence-corrected chi connectivity index (χ2v) is 5.95. The summed E-state index contributed by atoms with van der Waals surface area (Å²) in [5, 5.41) is 6.98. The van der Waals surface area contributed by atoms with E-state index in [1.807, 2.05) is 24.3 Å². The molecule has 6 nitrogen and oxygen atoms in total. The smallest absolute Gasteiger partial charge is 0.258 e. The van der Waals surface area contributed by atoms with E-state index in [9.17, 15) is 4.79 Å². The fraction of sp³-hybridized carbons (Fsp3) is 0.158. The highest BCUT2D eigenvalue weighted by Gasteiger charge is 2.20. The zero-order valence-electron chi connectivity index (χ0n) is 13.7. The van der Waals surface area contributed by atoms with Crippen LogP contribution < -0.4 is 15.2 Å². The number of hydrogen-bond acceptors (Lipinski definition) is 4. The normalized spacial score (nSPS) is 13.3. The molecule has 3 aromatic rings. The summed E-state index contributed by atoms with van der Waals surface area (Å²) in [6.45, 7) is 2.11. The Labute approximate surface area is 144 Å². The first-order valence-corrected chi connectivity index (χ1v) is 7.97. The Kier molecular flexibility index (Phi) is 3.65. The maximum Gasteiger partial charge on any atom is 0.258 e. The van der Waals surface area contributed by atoms with Crippen LogP contribution in [0.4, 0.5) is 0 Å². The first kappa shape index (κ1) is 15.3. The molecule has 1 aliphatic heterocycles. The van der Waals surface area contributed by atoms with E-state index in [4.69, 9.17) is 15.2 Å². The molecule has 0 fully saturated rings. The van der Waals surface area contributed by atoms with Crippen LogP contribution in [0.15, 0.2) is 48.7 Å². The number of amides is 1. The molecule has 1 aliphatic rings. The van der Waals surface area contributed by atoms with Crippen LogP contribution >= 0.6 is 0 Å². The first-order chi connectivity index (χ1) is 12.1. The molecule has 126 valence electrons. The van der Waals surface area contributed by atoms with Crippen LogP contribution in [0.5, 0.6) is 11.5 Å². The van der Waals surface area contributed by atoms with Crippen molar-refractivity contribution < 1.29 is 14.3 Å². The highest BCUT2D eigenvalue weighted by molar-refractivity contribution is 5.80. The first-order valence-electron chi connectivity index (χ1n) is 7.97. The predicted octanol–water partition coefficient (Wildman–Crippen LogP) is 2.89. The summed E-state index contributed by atoms with van der Waals surface area (Å²) in [6.07, 6.45) is 1.04. The van der Waals surface area contributed by atoms with E-state index in [0.29, 0.717) is 12.4 Å². The Hall–Kier alpha value is -3.28. The van der Waals surface area contributed by atoms with E-state index in [-0.39, 0.29) is 0 Å². The van der Waals surface area contributed by atoms with Crippen molar-refractivity contribution in [2.45, 2.75) is 19.6 Å². The molecule has 3 N–H and O–H groups in total. The molecule has 2 heterocycles. The third-order valence-electron chi connectivity index (χ3n) is 4.26. The molecular weight excluding hydrogens is 318 g/mol. The molecule has 0 radical (unpaired) electrons. The van der Waals surface area contributed by atoms with Crippen molar-refractivity contribution in [3.05, 3.63) is 54.2 Å². The Bertz CT molecular complexity index is 935. The van der Waals surface area contributed by atoms with Gasteiger partial charge >= 0.3 is 0 Å². The van der Waals surface area contributed by atoms with E-state index in [1.165, 1.54) is 0 Å². The number of hydrogen-bond donors (Lipinski definition) is 2. The monoisotopic (exact) mass is 335 g/mol. The number of benzene rings is 2. The summed E-state index contributed by atoms with van der Waals surface area (Å²) >= 11 is 0. The maximum atomic E-state index is 11.2. The van der Waals surface area contributed by atoms with Crippen molar-refractivity contribution in [3.63, 3.8) is 0 Å². The average Bonchev–Trinajstić information content (AvgIpc) is 3.15. The van der Waals surface area contributed by atoms with Gasteiger partial charge in [0.05, 0.1) is 5.69 Å². The zero-order valence-corrected chi connectivity index (χ0v) is 13.7. The number of H-pyrrole nitrogens is 1. The van der Waals surface area contributed by atoms with Crippen LogP contribution in [0.3, 0.4) is 0 Å². The topological polar surface area (TPSA) is 90.2 Å². The van der Waals surface area contributed by atoms with Gasteiger partial charge < -0.3 is 15.2 Å². The van der Waals surface area contributed by atoms with Gasteiger partial charge in [-0.3, -0.25) is 9.89 Å². The van der Waals surface area contributed by atoms with Gasteiger partial charge in [-0.05, 0) is 42.3 Å². The van der Waals surface area contributed by atoms with Crippen LogP contribution in [-0.2, 0) is 11.4 Å². The molecule has 0 unspecified atom stereocenters. The van der Waals surface area contributed by atoms with Gasteiger partial charge in [-0.15, -0.1) is 0 Å². The van der Waals surface area contributed by atoms with Crippen LogP contribution in [0, 0.1) is 0 Å². The quantitative estimate of drug-likeness (QED) is 0.767. The van der Waals surface area contributed by atoms with Crippen LogP contribution in [0.1, 0.15) is 12.5 Å². The molecule has 1 atom stereocenters. The van der Waals surface area contributed by atoms with Gasteiger partial charge in [-0.1, -0.05) is 12.1 Å². The van der Waals surface area contributed by atoms with E-state index in [2.05, 4.69) is 22.3 Å². The third kappa shape index (κ3) is 2.82. The summed E-state index contributed by atoms with van der Waals surface area (Å²) in [4.78, 5) is 11.2. The summed E-state index contributed by atoms with van der Waals surface area (Å²) in [5.74, 6) is 0.773. The Morgan fingerprint density at radius 1 is 1.24 bits per heavy atom. The predicted molar refractivity (Wildman–Crippen MR) is 93.1 cm³/mol. The van der Waals surface area contributed by atoms with Crippen molar-refractivity contribution in [1.82, 2.24) is 10.2 Å². The zero-order chi connectivity index (χ0) is 17.4. The van der Waals surface area contributed by atoms with Gasteiger partial charge in [0.25, 0.3) is 5.91 Å². The maximum absolute atomic E-state index is 11.2. The molecule has 25 heavy (non-hydrogen) atoms. The fourth-order valence-electron chi connectivity index (χ4n) is 2.87. The molecule has 1 aromatic heterocycles. The standard InChI is InChI=1S/C19H17N3O3/c1-11(19(20)23)25-14-4-5-15-16-8-12(17-6-7-21-22-17)2-3-13(16)10-24-18(15)9-14/h2-9,11H,10H2,1H3,(H2,20,23)(H,21,22)/t11-/m1/s1. The van der Waals surface area contributed by atoms with E-state index >= 15 is 0 Å². The summed E-state index contributed by atoms with van der Waals surface area (Å²) in [5.41, 5.74) is 10.5. The van der Waals surface area contributed by atoms with Gasteiger partial charge in [-0.2, -0.15) is 5.10 Å². The number of carbonyl (C=O) groups excluding carboxylic acids is 1. The van der Waals surface area contributed by atoms with Crippen molar-refractivity contribution in [1.29, 1.82) is 0 Å². The molecule has 4 rings (SSSR count). The molecule has 1 amide bonds. The molecule has 6 heteroatoms. The number of aromatic nitrogens is 2. The number of nitrogens with zero attached hydrogens (tertiary/aromatic N) is 1. The number of ether oxygens (including phenoxy) is 2. The van der Waals surface area contributed by atoms with Gasteiger partial charge in [-0.25, -0.2) is 0 Å². The van der Waals surface area contributed by atoms with E-state index in [1.54, 1.807) is 19.2 Å². The minimum Gasteiger partial charge on any atom is -0.488 e. The van der Waals surface area contributed by atoms with E-state index < -0.39 is 12.0 Å². The minimum atomic E-state index is -0.694. The van der Waals surface area contributed by atoms with Crippen molar-refractivity contribution >= 4 is 5.91 Å². The lowest BCUT2D eigenvalue weighted by atomic mass is 9.94. The number of aromatic amines is 1. The van der Waals surface area contributed by atoms with Crippen LogP contribution in [0.25, 0.3) is 22.4 Å². The molecule has 0 spiro atoms. The van der Waals surface area contributed by atoms with Crippen molar-refractivity contribution in [2.75, 3.05) is 0 Å². The van der Waals surface area contributed by atoms with Gasteiger partial charge in [0.2, 0.25) is 0 Å². The average molecular weight is 335 g/mol. The number of nitrogens with two attached hydrogens (primary N) is 1. The lowest BCUT2D eigenvalue weighted by Crippen LogP contribution is -2.30. The van der Waals surface area contributed by atoms with Gasteiger partial charge in [0, 0.05) is 23.4 Å². The van der Waals surface area contributed by atoms with Crippen LogP contribution in [0.2, 0.25) is 0 Å². The highest BCUT2D eigenvalue weighted by atomic mass is 16.5. The number of nitrogens with one attached hydrogen (secondary N) is 1. The molecular formula is C19H17N3O3. The molecule has 2 aromatic carbocycles. The minimum absolute atomic E-state index is 0.487. The summed E-state index contributed by atoms with van der Waals surface area (Å²) in [7, 11) is 0. The Morgan fingerprint density at radius 2 is 2.12 bits per heavy atom. The number of carbonyl (C=O) groups is 1. The number of fused-ring (bicyclic) bond motifs is 3. The van der Waals surface area contributed by atoms with Crippen molar-refractivity contribution in [3.8, 4) is 33.9 Å². The summed E-state index contributed by atoms with van der Waals surface area (Å²) < 4.78 is 11.4. The Morgan fingerprint density at radius 3 is 2.88 bits per heavy atom. The van der Waals surface area contributed by atoms with E-state index in [0.717, 1.165) is 33.7 Å². The van der Waals surface area contributed by atoms with Gasteiger partial charge in [0.15, 0.2) is 6.10 Å². The summed E-state index contributed by atoms with van der Waals surface area (Å²) in [6, 6.07) is 13.7. The highest BCUT2D eigenvalue weighted by Crippen LogP contribution is 2.41. The molecule has 0 saturated carbocycles. The second kappa shape index (κ2) is 5.98. The number of rotatable bonds is 4. The lowest BCUT2D eigenvalue weighted by Gasteiger charge is -2.22. The third-order valence-corrected chi connectivity index (χ3v) is 4.26. The molecule has 0 bridgehead atoms. The molecule has 0 saturated heterocycles. The lowest BCUT2D eigenvalue weighted by molar-refractivity contribution is -0.123.